The lowest BCUT2D eigenvalue weighted by Crippen LogP contribution is -2.32. The van der Waals surface area contributed by atoms with Gasteiger partial charge in [-0.25, -0.2) is 0 Å². The first-order valence-corrected chi connectivity index (χ1v) is 7.93. The van der Waals surface area contributed by atoms with Crippen LogP contribution < -0.4 is 4.57 Å². The van der Waals surface area contributed by atoms with Crippen molar-refractivity contribution in [3.05, 3.63) is 77.1 Å². The molecule has 2 heterocycles. The molecule has 0 radical (unpaired) electrons. The maximum atomic E-state index is 6.07. The van der Waals surface area contributed by atoms with Crippen LogP contribution in [0, 0.1) is 0 Å². The molecule has 4 rings (SSSR count). The molecule has 2 nitrogen and oxygen atoms in total. The predicted molar refractivity (Wildman–Crippen MR) is 97.4 cm³/mol. The number of nitrogens with zero attached hydrogens (tertiary/aromatic N) is 1. The van der Waals surface area contributed by atoms with Gasteiger partial charge in [0.25, 0.3) is 0 Å². The van der Waals surface area contributed by atoms with Crippen molar-refractivity contribution < 1.29 is 4.57 Å². The Bertz CT molecular complexity index is 1040. The largest absolute Gasteiger partial charge is 0.361 e. The van der Waals surface area contributed by atoms with Gasteiger partial charge >= 0.3 is 0 Å². The number of pyridine rings is 1. The molecule has 23 heavy (non-hydrogen) atoms. The van der Waals surface area contributed by atoms with E-state index < -0.39 is 0 Å². The van der Waals surface area contributed by atoms with E-state index in [0.717, 1.165) is 27.1 Å². The van der Waals surface area contributed by atoms with Crippen LogP contribution in [-0.4, -0.2) is 4.98 Å². The van der Waals surface area contributed by atoms with Gasteiger partial charge in [0.1, 0.15) is 7.05 Å². The van der Waals surface area contributed by atoms with Crippen molar-refractivity contribution in [2.75, 3.05) is 0 Å². The number of halogens is 1. The minimum absolute atomic E-state index is 0.764. The van der Waals surface area contributed by atoms with Gasteiger partial charge in [0.2, 0.25) is 11.2 Å². The SMILES string of the molecule is C[n+]1c(C=Cc2c[nH]c3ccccc23)ccc2cc(Cl)ccc21. The summed E-state index contributed by atoms with van der Waals surface area (Å²) in [4.78, 5) is 3.30. The normalized spacial score (nSPS) is 11.7. The molecule has 0 unspecified atom stereocenters. The molecule has 0 fully saturated rings. The molecule has 112 valence electrons. The molecule has 0 saturated carbocycles. The van der Waals surface area contributed by atoms with E-state index in [2.05, 4.69) is 65.1 Å². The Labute approximate surface area is 139 Å². The molecule has 0 aliphatic rings. The third kappa shape index (κ3) is 2.51. The smallest absolute Gasteiger partial charge is 0.212 e. The topological polar surface area (TPSA) is 19.7 Å². The fraction of sp³-hybridized carbons (Fsp3) is 0.0500. The van der Waals surface area contributed by atoms with E-state index in [-0.39, 0.29) is 0 Å². The number of aromatic amines is 1. The summed E-state index contributed by atoms with van der Waals surface area (Å²) in [5.41, 5.74) is 4.65. The third-order valence-electron chi connectivity index (χ3n) is 4.23. The summed E-state index contributed by atoms with van der Waals surface area (Å²) in [5, 5.41) is 3.14. The average Bonchev–Trinajstić information content (AvgIpc) is 2.97. The first-order valence-electron chi connectivity index (χ1n) is 7.55. The van der Waals surface area contributed by atoms with Crippen LogP contribution in [0.4, 0.5) is 0 Å². The molecule has 0 atom stereocenters. The summed E-state index contributed by atoms with van der Waals surface area (Å²) in [7, 11) is 2.07. The molecule has 1 N–H and O–H groups in total. The van der Waals surface area contributed by atoms with Crippen LogP contribution in [0.2, 0.25) is 5.02 Å². The fourth-order valence-electron chi connectivity index (χ4n) is 2.96. The van der Waals surface area contributed by atoms with Gasteiger partial charge in [-0.2, -0.15) is 4.57 Å². The van der Waals surface area contributed by atoms with E-state index in [1.54, 1.807) is 0 Å². The molecular formula is C20H16ClN2+. The monoisotopic (exact) mass is 319 g/mol. The van der Waals surface area contributed by atoms with Gasteiger partial charge in [0.05, 0.1) is 0 Å². The van der Waals surface area contributed by atoms with E-state index in [4.69, 9.17) is 11.6 Å². The fourth-order valence-corrected chi connectivity index (χ4v) is 3.15. The minimum atomic E-state index is 0.764. The molecule has 3 heteroatoms. The molecule has 0 amide bonds. The Hall–Kier alpha value is -2.58. The van der Waals surface area contributed by atoms with Gasteiger partial charge in [-0.3, -0.25) is 0 Å². The van der Waals surface area contributed by atoms with E-state index in [1.165, 1.54) is 10.9 Å². The van der Waals surface area contributed by atoms with E-state index in [1.807, 2.05) is 24.4 Å². The summed E-state index contributed by atoms with van der Waals surface area (Å²) in [5.74, 6) is 0. The molecule has 2 aromatic heterocycles. The first kappa shape index (κ1) is 14.0. The highest BCUT2D eigenvalue weighted by atomic mass is 35.5. The Morgan fingerprint density at radius 2 is 1.87 bits per heavy atom. The number of fused-ring (bicyclic) bond motifs is 2. The Balaban J connectivity index is 1.78. The van der Waals surface area contributed by atoms with Gasteiger partial charge in [0, 0.05) is 45.7 Å². The van der Waals surface area contributed by atoms with Crippen LogP contribution >= 0.6 is 11.6 Å². The van der Waals surface area contributed by atoms with E-state index >= 15 is 0 Å². The lowest BCUT2D eigenvalue weighted by atomic mass is 10.1. The molecule has 0 aliphatic heterocycles. The maximum absolute atomic E-state index is 6.07. The molecule has 2 aromatic carbocycles. The van der Waals surface area contributed by atoms with Crippen molar-refractivity contribution in [3.8, 4) is 0 Å². The van der Waals surface area contributed by atoms with Crippen molar-refractivity contribution in [1.29, 1.82) is 0 Å². The predicted octanol–water partition coefficient (Wildman–Crippen LogP) is 4.97. The Morgan fingerprint density at radius 3 is 2.78 bits per heavy atom. The lowest BCUT2D eigenvalue weighted by molar-refractivity contribution is -0.646. The molecule has 0 spiro atoms. The van der Waals surface area contributed by atoms with Gasteiger partial charge in [-0.15, -0.1) is 0 Å². The number of hydrogen-bond acceptors (Lipinski definition) is 0. The molecule has 0 aliphatic carbocycles. The van der Waals surface area contributed by atoms with Gasteiger partial charge in [0.15, 0.2) is 0 Å². The average molecular weight is 320 g/mol. The van der Waals surface area contributed by atoms with Crippen molar-refractivity contribution in [2.45, 2.75) is 0 Å². The zero-order chi connectivity index (χ0) is 15.8. The number of para-hydroxylation sites is 1. The van der Waals surface area contributed by atoms with Crippen molar-refractivity contribution in [3.63, 3.8) is 0 Å². The van der Waals surface area contributed by atoms with Crippen LogP contribution in [0.25, 0.3) is 34.0 Å². The molecule has 0 bridgehead atoms. The second-order valence-corrected chi connectivity index (χ2v) is 6.08. The highest BCUT2D eigenvalue weighted by Gasteiger charge is 2.09. The second kappa shape index (κ2) is 5.56. The lowest BCUT2D eigenvalue weighted by Gasteiger charge is -2.00. The number of aryl methyl sites for hydroxylation is 1. The quantitative estimate of drug-likeness (QED) is 0.503. The summed E-state index contributed by atoms with van der Waals surface area (Å²) in [6, 6.07) is 18.5. The van der Waals surface area contributed by atoms with Gasteiger partial charge in [-0.05, 0) is 35.9 Å². The van der Waals surface area contributed by atoms with Crippen LogP contribution in [0.1, 0.15) is 11.3 Å². The highest BCUT2D eigenvalue weighted by Crippen LogP contribution is 2.21. The van der Waals surface area contributed by atoms with Crippen molar-refractivity contribution in [2.24, 2.45) is 7.05 Å². The zero-order valence-electron chi connectivity index (χ0n) is 12.8. The first-order chi connectivity index (χ1) is 11.2. The zero-order valence-corrected chi connectivity index (χ0v) is 13.5. The number of hydrogen-bond donors (Lipinski definition) is 1. The van der Waals surface area contributed by atoms with E-state index in [9.17, 15) is 0 Å². The molecular weight excluding hydrogens is 304 g/mol. The third-order valence-corrected chi connectivity index (χ3v) is 4.46. The number of rotatable bonds is 2. The highest BCUT2D eigenvalue weighted by molar-refractivity contribution is 6.31. The van der Waals surface area contributed by atoms with Crippen molar-refractivity contribution in [1.82, 2.24) is 4.98 Å². The Morgan fingerprint density at radius 1 is 1.00 bits per heavy atom. The summed E-state index contributed by atoms with van der Waals surface area (Å²) in [6.45, 7) is 0. The molecule has 0 saturated heterocycles. The summed E-state index contributed by atoms with van der Waals surface area (Å²) < 4.78 is 2.18. The molecule has 4 aromatic rings. The number of H-pyrrole nitrogens is 1. The Kier molecular flexibility index (Phi) is 3.40. The second-order valence-electron chi connectivity index (χ2n) is 5.64. The van der Waals surface area contributed by atoms with Gasteiger partial charge < -0.3 is 4.98 Å². The maximum Gasteiger partial charge on any atom is 0.212 e. The van der Waals surface area contributed by atoms with E-state index in [0.29, 0.717) is 0 Å². The van der Waals surface area contributed by atoms with Crippen LogP contribution in [0.5, 0.6) is 0 Å². The number of aromatic nitrogens is 2. The summed E-state index contributed by atoms with van der Waals surface area (Å²) in [6.07, 6.45) is 6.33. The van der Waals surface area contributed by atoms with Crippen LogP contribution in [0.3, 0.4) is 0 Å². The van der Waals surface area contributed by atoms with Gasteiger partial charge in [-0.1, -0.05) is 29.8 Å². The van der Waals surface area contributed by atoms with Crippen LogP contribution in [-0.2, 0) is 7.05 Å². The summed E-state index contributed by atoms with van der Waals surface area (Å²) >= 11 is 6.07. The van der Waals surface area contributed by atoms with Crippen LogP contribution in [0.15, 0.2) is 60.8 Å². The standard InChI is InChI=1S/C20H15ClN2/c1-23-17(9-6-14-12-16(21)8-11-20(14)23)10-7-15-13-22-19-5-3-2-4-18(15)19/h2-13H,1H3/p+1. The van der Waals surface area contributed by atoms with Crippen molar-refractivity contribution >= 4 is 45.6 Å². The number of nitrogens with one attached hydrogen (secondary N) is 1. The number of benzene rings is 2. The minimum Gasteiger partial charge on any atom is -0.361 e.